The Balaban J connectivity index is 1.66. The molecule has 1 saturated heterocycles. The molecule has 2 heterocycles. The van der Waals surface area contributed by atoms with Crippen LogP contribution in [0.3, 0.4) is 0 Å². The first-order valence-corrected chi connectivity index (χ1v) is 9.94. The molecular weight excluding hydrogens is 346 g/mol. The van der Waals surface area contributed by atoms with Gasteiger partial charge >= 0.3 is 5.97 Å². The van der Waals surface area contributed by atoms with Gasteiger partial charge < -0.3 is 19.5 Å². The number of carbonyl (C=O) groups excluding carboxylic acids is 1. The van der Waals surface area contributed by atoms with Gasteiger partial charge in [-0.05, 0) is 19.8 Å². The Bertz CT molecular complexity index is 554. The fourth-order valence-corrected chi connectivity index (χ4v) is 3.11. The van der Waals surface area contributed by atoms with Gasteiger partial charge in [0, 0.05) is 58.3 Å². The topological polar surface area (TPSA) is 83.2 Å². The first-order valence-electron chi connectivity index (χ1n) is 9.94. The van der Waals surface area contributed by atoms with E-state index >= 15 is 0 Å². The lowest BCUT2D eigenvalue weighted by Crippen LogP contribution is -2.52. The van der Waals surface area contributed by atoms with Crippen molar-refractivity contribution in [3.8, 4) is 0 Å². The molecule has 0 radical (unpaired) electrons. The van der Waals surface area contributed by atoms with Crippen LogP contribution >= 0.6 is 0 Å². The number of guanidine groups is 1. The Morgan fingerprint density at radius 2 is 2.04 bits per heavy atom. The van der Waals surface area contributed by atoms with E-state index in [2.05, 4.69) is 31.9 Å². The predicted octanol–water partition coefficient (Wildman–Crippen LogP) is 1.88. The second-order valence-corrected chi connectivity index (χ2v) is 6.73. The zero-order valence-electron chi connectivity index (χ0n) is 16.7. The molecule has 1 aliphatic heterocycles. The molecule has 0 atom stereocenters. The van der Waals surface area contributed by atoms with Crippen LogP contribution in [0.25, 0.3) is 0 Å². The summed E-state index contributed by atoms with van der Waals surface area (Å²) in [5.74, 6) is 0.887. The van der Waals surface area contributed by atoms with E-state index in [1.165, 1.54) is 7.11 Å². The van der Waals surface area contributed by atoms with Crippen molar-refractivity contribution in [3.05, 3.63) is 18.0 Å². The van der Waals surface area contributed by atoms with Crippen molar-refractivity contribution >= 4 is 11.9 Å². The molecule has 1 aromatic heterocycles. The molecule has 0 unspecified atom stereocenters. The molecule has 0 aliphatic carbocycles. The number of aliphatic imine (C=N–C) groups is 1. The fourth-order valence-electron chi connectivity index (χ4n) is 3.11. The van der Waals surface area contributed by atoms with Gasteiger partial charge in [-0.25, -0.2) is 0 Å². The number of piperazine rings is 1. The number of carbonyl (C=O) groups is 1. The van der Waals surface area contributed by atoms with Crippen LogP contribution in [0.15, 0.2) is 21.8 Å². The van der Waals surface area contributed by atoms with Gasteiger partial charge in [-0.1, -0.05) is 18.0 Å². The van der Waals surface area contributed by atoms with Gasteiger partial charge in [0.15, 0.2) is 5.96 Å². The Morgan fingerprint density at radius 1 is 1.26 bits per heavy atom. The number of rotatable bonds is 10. The molecule has 2 rings (SSSR count). The Labute approximate surface area is 161 Å². The third-order valence-corrected chi connectivity index (χ3v) is 4.66. The van der Waals surface area contributed by atoms with Crippen LogP contribution in [-0.4, -0.2) is 73.3 Å². The first-order chi connectivity index (χ1) is 13.2. The zero-order chi connectivity index (χ0) is 19.3. The minimum atomic E-state index is -0.120. The van der Waals surface area contributed by atoms with Gasteiger partial charge in [0.2, 0.25) is 0 Å². The van der Waals surface area contributed by atoms with E-state index in [1.54, 1.807) is 6.26 Å². The Hall–Kier alpha value is -2.09. The van der Waals surface area contributed by atoms with Crippen molar-refractivity contribution in [2.75, 3.05) is 46.4 Å². The summed E-state index contributed by atoms with van der Waals surface area (Å²) in [5.41, 5.74) is 0.983. The third-order valence-electron chi connectivity index (χ3n) is 4.66. The molecule has 1 fully saturated rings. The molecule has 1 aromatic rings. The van der Waals surface area contributed by atoms with Gasteiger partial charge in [0.25, 0.3) is 0 Å². The molecule has 8 nitrogen and oxygen atoms in total. The van der Waals surface area contributed by atoms with E-state index in [1.807, 2.05) is 6.07 Å². The SMILES string of the molecule is CCNC(=NCCCCCCC(=O)OC)N1CCN(Cc2ccon2)CC1. The summed E-state index contributed by atoms with van der Waals surface area (Å²) in [6.45, 7) is 8.53. The highest BCUT2D eigenvalue weighted by Gasteiger charge is 2.20. The molecule has 0 amide bonds. The number of nitrogens with one attached hydrogen (secondary N) is 1. The normalized spacial score (nSPS) is 15.8. The summed E-state index contributed by atoms with van der Waals surface area (Å²) >= 11 is 0. The molecule has 0 spiro atoms. The monoisotopic (exact) mass is 379 g/mol. The van der Waals surface area contributed by atoms with Crippen molar-refractivity contribution < 1.29 is 14.1 Å². The number of nitrogens with zero attached hydrogens (tertiary/aromatic N) is 4. The van der Waals surface area contributed by atoms with Crippen molar-refractivity contribution in [3.63, 3.8) is 0 Å². The van der Waals surface area contributed by atoms with Crippen LogP contribution in [0.4, 0.5) is 0 Å². The largest absolute Gasteiger partial charge is 0.469 e. The quantitative estimate of drug-likeness (QED) is 0.288. The summed E-state index contributed by atoms with van der Waals surface area (Å²) in [7, 11) is 1.44. The van der Waals surface area contributed by atoms with Crippen molar-refractivity contribution in [2.45, 2.75) is 45.6 Å². The minimum absolute atomic E-state index is 0.120. The van der Waals surface area contributed by atoms with Crippen LogP contribution < -0.4 is 5.32 Å². The summed E-state index contributed by atoms with van der Waals surface area (Å²) in [4.78, 5) is 20.6. The average molecular weight is 380 g/mol. The number of hydrogen-bond donors (Lipinski definition) is 1. The number of methoxy groups -OCH3 is 1. The smallest absolute Gasteiger partial charge is 0.305 e. The molecule has 152 valence electrons. The van der Waals surface area contributed by atoms with E-state index < -0.39 is 0 Å². The van der Waals surface area contributed by atoms with E-state index in [4.69, 9.17) is 9.52 Å². The molecule has 27 heavy (non-hydrogen) atoms. The van der Waals surface area contributed by atoms with E-state index in [-0.39, 0.29) is 5.97 Å². The maximum absolute atomic E-state index is 11.1. The minimum Gasteiger partial charge on any atom is -0.469 e. The molecular formula is C19H33N5O3. The van der Waals surface area contributed by atoms with Crippen molar-refractivity contribution in [2.24, 2.45) is 4.99 Å². The van der Waals surface area contributed by atoms with Gasteiger partial charge in [-0.2, -0.15) is 0 Å². The van der Waals surface area contributed by atoms with E-state index in [9.17, 15) is 4.79 Å². The van der Waals surface area contributed by atoms with Crippen LogP contribution in [0, 0.1) is 0 Å². The maximum Gasteiger partial charge on any atom is 0.305 e. The summed E-state index contributed by atoms with van der Waals surface area (Å²) in [6, 6.07) is 1.92. The Kier molecular flexibility index (Phi) is 9.68. The molecule has 1 aliphatic rings. The van der Waals surface area contributed by atoms with Gasteiger partial charge in [0.05, 0.1) is 12.8 Å². The van der Waals surface area contributed by atoms with Crippen molar-refractivity contribution in [1.82, 2.24) is 20.3 Å². The first kappa shape index (κ1) is 21.2. The highest BCUT2D eigenvalue weighted by molar-refractivity contribution is 5.80. The summed E-state index contributed by atoms with van der Waals surface area (Å²) in [5, 5.41) is 7.39. The highest BCUT2D eigenvalue weighted by atomic mass is 16.5. The number of aromatic nitrogens is 1. The lowest BCUT2D eigenvalue weighted by atomic mass is 10.1. The predicted molar refractivity (Wildman–Crippen MR) is 104 cm³/mol. The fraction of sp³-hybridized carbons (Fsp3) is 0.737. The van der Waals surface area contributed by atoms with Crippen LogP contribution in [0.2, 0.25) is 0 Å². The van der Waals surface area contributed by atoms with E-state index in [0.29, 0.717) is 6.42 Å². The van der Waals surface area contributed by atoms with Crippen molar-refractivity contribution in [1.29, 1.82) is 0 Å². The number of hydrogen-bond acceptors (Lipinski definition) is 6. The molecule has 0 aromatic carbocycles. The van der Waals surface area contributed by atoms with E-state index in [0.717, 1.165) is 83.2 Å². The highest BCUT2D eigenvalue weighted by Crippen LogP contribution is 2.08. The molecule has 8 heteroatoms. The lowest BCUT2D eigenvalue weighted by Gasteiger charge is -2.36. The molecule has 0 saturated carbocycles. The Morgan fingerprint density at radius 3 is 2.70 bits per heavy atom. The summed E-state index contributed by atoms with van der Waals surface area (Å²) < 4.78 is 9.56. The van der Waals surface area contributed by atoms with Crippen LogP contribution in [0.1, 0.15) is 44.7 Å². The number of unbranched alkanes of at least 4 members (excludes halogenated alkanes) is 3. The second kappa shape index (κ2) is 12.3. The maximum atomic E-state index is 11.1. The number of esters is 1. The second-order valence-electron chi connectivity index (χ2n) is 6.73. The third kappa shape index (κ3) is 7.99. The molecule has 0 bridgehead atoms. The lowest BCUT2D eigenvalue weighted by molar-refractivity contribution is -0.140. The molecule has 1 N–H and O–H groups in total. The number of ether oxygens (including phenoxy) is 1. The summed E-state index contributed by atoms with van der Waals surface area (Å²) in [6.07, 6.45) is 6.21. The standard InChI is InChI=1S/C19H33N5O3/c1-3-20-19(21-10-7-5-4-6-8-18(25)26-2)24-13-11-23(12-14-24)16-17-9-15-27-22-17/h9,15H,3-8,10-14,16H2,1-2H3,(H,20,21). The van der Waals surface area contributed by atoms with Gasteiger partial charge in [-0.3, -0.25) is 14.7 Å². The van der Waals surface area contributed by atoms with Gasteiger partial charge in [-0.15, -0.1) is 0 Å². The van der Waals surface area contributed by atoms with Gasteiger partial charge in [0.1, 0.15) is 6.26 Å². The van der Waals surface area contributed by atoms with Crippen LogP contribution in [-0.2, 0) is 16.1 Å². The average Bonchev–Trinajstić information content (AvgIpc) is 3.20. The zero-order valence-corrected chi connectivity index (χ0v) is 16.7. The van der Waals surface area contributed by atoms with Crippen LogP contribution in [0.5, 0.6) is 0 Å².